The van der Waals surface area contributed by atoms with Gasteiger partial charge < -0.3 is 0 Å². The van der Waals surface area contributed by atoms with E-state index in [1.165, 1.54) is 0 Å². The van der Waals surface area contributed by atoms with E-state index in [0.29, 0.717) is 0 Å². The number of thiol groups is 1. The lowest BCUT2D eigenvalue weighted by Gasteiger charge is -2.42. The first-order valence-corrected chi connectivity index (χ1v) is 9.34. The smallest absolute Gasteiger partial charge is 0.199 e. The van der Waals surface area contributed by atoms with Crippen molar-refractivity contribution in [2.75, 3.05) is 5.75 Å². The van der Waals surface area contributed by atoms with Gasteiger partial charge in [0.2, 0.25) is 0 Å². The molecule has 0 N–H and O–H groups in total. The number of thioether (sulfide) groups is 1. The Morgan fingerprint density at radius 3 is 1.27 bits per heavy atom. The molecule has 0 aliphatic rings. The first kappa shape index (κ1) is 30.1. The molecule has 0 unspecified atom stereocenters. The Bertz CT molecular complexity index is 846. The van der Waals surface area contributed by atoms with Gasteiger partial charge in [0.1, 0.15) is 0 Å². The molecule has 1 rings (SSSR count). The Kier molecular flexibility index (Phi) is 7.60. The van der Waals surface area contributed by atoms with Crippen molar-refractivity contribution in [3.05, 3.63) is 0 Å². The van der Waals surface area contributed by atoms with E-state index in [1.54, 1.807) is 0 Å². The molecule has 0 saturated carbocycles. The van der Waals surface area contributed by atoms with Crippen molar-refractivity contribution in [2.45, 2.75) is 56.3 Å². The van der Waals surface area contributed by atoms with Crippen molar-refractivity contribution in [1.82, 2.24) is 10.2 Å². The molecule has 2 nitrogen and oxygen atoms in total. The molecule has 1 aromatic heterocycles. The minimum Gasteiger partial charge on any atom is -0.199 e. The number of rotatable bonds is 9. The lowest BCUT2D eigenvalue weighted by Crippen LogP contribution is -2.74. The fourth-order valence-electron chi connectivity index (χ4n) is 1.70. The molecule has 0 spiro atoms. The molecule has 0 atom stereocenters. The molecule has 0 radical (unpaired) electrons. The molecule has 0 saturated heterocycles. The van der Waals surface area contributed by atoms with Crippen molar-refractivity contribution < 1.29 is 74.6 Å². The average Bonchev–Trinajstić information content (AvgIpc) is 3.03. The second kappa shape index (κ2) is 8.33. The molecule has 194 valence electrons. The number of aromatic nitrogens is 2. The molecule has 0 aromatic carbocycles. The van der Waals surface area contributed by atoms with E-state index in [-0.39, 0.29) is 15.7 Å². The Labute approximate surface area is 183 Å². The van der Waals surface area contributed by atoms with Crippen LogP contribution in [-0.4, -0.2) is 63.6 Å². The average molecular weight is 582 g/mol. The summed E-state index contributed by atoms with van der Waals surface area (Å²) in [7, 11) is 0. The topological polar surface area (TPSA) is 25.8 Å². The standard InChI is InChI=1S/C11H3F17N2S3/c12-4(13,1-32-3-30-29-2(31)33-3)5(14,15)6(16,17)7(18,19)8(20,21)9(22,23)10(24,25)11(26,27)28/h1H2,(H,29,31). The highest BCUT2D eigenvalue weighted by atomic mass is 32.2. The zero-order valence-corrected chi connectivity index (χ0v) is 16.8. The summed E-state index contributed by atoms with van der Waals surface area (Å²) in [6.07, 6.45) is -7.78. The van der Waals surface area contributed by atoms with Crippen molar-refractivity contribution in [2.24, 2.45) is 0 Å². The summed E-state index contributed by atoms with van der Waals surface area (Å²) >= 11 is 3.15. The van der Waals surface area contributed by atoms with Gasteiger partial charge in [-0.2, -0.15) is 74.6 Å². The van der Waals surface area contributed by atoms with Crippen LogP contribution in [0.15, 0.2) is 8.68 Å². The maximum Gasteiger partial charge on any atom is 0.460 e. The monoisotopic (exact) mass is 582 g/mol. The maximum atomic E-state index is 13.6. The number of hydrogen-bond donors (Lipinski definition) is 1. The van der Waals surface area contributed by atoms with Crippen molar-refractivity contribution in [3.8, 4) is 0 Å². The van der Waals surface area contributed by atoms with Crippen LogP contribution in [-0.2, 0) is 0 Å². The van der Waals surface area contributed by atoms with Gasteiger partial charge in [-0.05, 0) is 0 Å². The Morgan fingerprint density at radius 2 is 0.939 bits per heavy atom. The predicted octanol–water partition coefficient (Wildman–Crippen LogP) is 6.93. The van der Waals surface area contributed by atoms with Crippen LogP contribution < -0.4 is 0 Å². The van der Waals surface area contributed by atoms with Gasteiger partial charge >= 0.3 is 47.6 Å². The molecular formula is C11H3F17N2S3. The summed E-state index contributed by atoms with van der Waals surface area (Å²) in [6, 6.07) is 0. The van der Waals surface area contributed by atoms with Gasteiger partial charge in [0.25, 0.3) is 0 Å². The van der Waals surface area contributed by atoms with E-state index in [9.17, 15) is 74.6 Å². The Hall–Kier alpha value is -0.930. The largest absolute Gasteiger partial charge is 0.460 e. The molecule has 0 aliphatic heterocycles. The normalized spacial score (nSPS) is 15.8. The molecule has 0 bridgehead atoms. The van der Waals surface area contributed by atoms with Crippen LogP contribution in [0.1, 0.15) is 0 Å². The first-order chi connectivity index (χ1) is 14.2. The Balaban J connectivity index is 3.46. The van der Waals surface area contributed by atoms with Gasteiger partial charge in [0.15, 0.2) is 8.68 Å². The molecule has 22 heteroatoms. The van der Waals surface area contributed by atoms with Crippen molar-refractivity contribution >= 4 is 35.7 Å². The minimum absolute atomic E-state index is 0.247. The summed E-state index contributed by atoms with van der Waals surface area (Å²) in [5.74, 6) is -59.0. The summed E-state index contributed by atoms with van der Waals surface area (Å²) in [4.78, 5) is 0. The second-order valence-electron chi connectivity index (χ2n) is 5.79. The van der Waals surface area contributed by atoms with Gasteiger partial charge in [-0.25, -0.2) is 0 Å². The quantitative estimate of drug-likeness (QED) is 0.194. The lowest BCUT2D eigenvalue weighted by molar-refractivity contribution is -0.460. The van der Waals surface area contributed by atoms with Crippen molar-refractivity contribution in [1.29, 1.82) is 0 Å². The van der Waals surface area contributed by atoms with Crippen LogP contribution in [0.3, 0.4) is 0 Å². The summed E-state index contributed by atoms with van der Waals surface area (Å²) in [6.45, 7) is 0. The number of alkyl halides is 17. The van der Waals surface area contributed by atoms with Gasteiger partial charge in [-0.1, -0.05) is 23.1 Å². The molecule has 0 aliphatic carbocycles. The van der Waals surface area contributed by atoms with Crippen LogP contribution in [0.5, 0.6) is 0 Å². The Morgan fingerprint density at radius 1 is 0.576 bits per heavy atom. The molecule has 0 fully saturated rings. The van der Waals surface area contributed by atoms with E-state index >= 15 is 0 Å². The number of halogens is 17. The highest BCUT2D eigenvalue weighted by Crippen LogP contribution is 2.64. The molecular weight excluding hydrogens is 579 g/mol. The fourth-order valence-corrected chi connectivity index (χ4v) is 3.74. The second-order valence-corrected chi connectivity index (χ2v) is 8.71. The van der Waals surface area contributed by atoms with Crippen LogP contribution in [0.2, 0.25) is 0 Å². The van der Waals surface area contributed by atoms with Crippen LogP contribution in [0, 0.1) is 0 Å². The highest BCUT2D eigenvalue weighted by Gasteiger charge is 2.95. The number of hydrogen-bond acceptors (Lipinski definition) is 5. The predicted molar refractivity (Wildman–Crippen MR) is 78.6 cm³/mol. The lowest BCUT2D eigenvalue weighted by atomic mass is 9.89. The van der Waals surface area contributed by atoms with E-state index in [1.807, 2.05) is 0 Å². The van der Waals surface area contributed by atoms with Crippen molar-refractivity contribution in [3.63, 3.8) is 0 Å². The van der Waals surface area contributed by atoms with Gasteiger partial charge in [0.05, 0.1) is 5.75 Å². The summed E-state index contributed by atoms with van der Waals surface area (Å²) < 4.78 is 221. The fraction of sp³-hybridized carbons (Fsp3) is 0.818. The SMILES string of the molecule is FC(F)(F)C(F)(F)C(F)(F)C(F)(F)C(F)(F)C(F)(F)C(F)(F)C(F)(F)CSc1nnc(S)s1. The zero-order valence-electron chi connectivity index (χ0n) is 14.3. The van der Waals surface area contributed by atoms with Gasteiger partial charge in [0, 0.05) is 0 Å². The highest BCUT2D eigenvalue weighted by molar-refractivity contribution is 8.01. The van der Waals surface area contributed by atoms with Crippen LogP contribution >= 0.6 is 35.7 Å². The summed E-state index contributed by atoms with van der Waals surface area (Å²) in [5, 5.41) is 6.00. The first-order valence-electron chi connectivity index (χ1n) is 7.09. The van der Waals surface area contributed by atoms with Crippen LogP contribution in [0.4, 0.5) is 74.6 Å². The summed E-state index contributed by atoms with van der Waals surface area (Å²) in [5.41, 5.74) is 0. The maximum absolute atomic E-state index is 13.6. The third-order valence-electron chi connectivity index (χ3n) is 3.56. The molecule has 0 amide bonds. The minimum atomic E-state index is -8.63. The van der Waals surface area contributed by atoms with E-state index in [4.69, 9.17) is 0 Å². The van der Waals surface area contributed by atoms with E-state index in [0.717, 1.165) is 0 Å². The van der Waals surface area contributed by atoms with Gasteiger partial charge in [-0.3, -0.25) is 0 Å². The zero-order chi connectivity index (χ0) is 26.7. The number of nitrogens with zero attached hydrogens (tertiary/aromatic N) is 2. The van der Waals surface area contributed by atoms with E-state index in [2.05, 4.69) is 22.8 Å². The molecule has 1 aromatic rings. The van der Waals surface area contributed by atoms with Crippen LogP contribution in [0.25, 0.3) is 0 Å². The molecule has 1 heterocycles. The third-order valence-corrected chi connectivity index (χ3v) is 5.88. The van der Waals surface area contributed by atoms with E-state index < -0.39 is 69.5 Å². The molecule has 33 heavy (non-hydrogen) atoms. The third kappa shape index (κ3) is 4.42. The van der Waals surface area contributed by atoms with Gasteiger partial charge in [-0.15, -0.1) is 22.8 Å².